The third-order valence-electron chi connectivity index (χ3n) is 12.0. The molecule has 0 bridgehead atoms. The van der Waals surface area contributed by atoms with E-state index in [1.807, 2.05) is 24.8 Å². The van der Waals surface area contributed by atoms with Gasteiger partial charge >= 0.3 is 6.09 Å². The van der Waals surface area contributed by atoms with Crippen LogP contribution in [-0.2, 0) is 37.2 Å². The minimum absolute atomic E-state index is 0.00390. The third-order valence-corrected chi connectivity index (χ3v) is 12.0. The van der Waals surface area contributed by atoms with Gasteiger partial charge in [-0.3, -0.25) is 18.3 Å². The first-order valence-corrected chi connectivity index (χ1v) is 24.8. The van der Waals surface area contributed by atoms with E-state index >= 15 is 4.39 Å². The predicted molar refractivity (Wildman–Crippen MR) is 289 cm³/mol. The van der Waals surface area contributed by atoms with Crippen molar-refractivity contribution in [3.8, 4) is 22.8 Å². The van der Waals surface area contributed by atoms with Gasteiger partial charge in [0.2, 0.25) is 23.2 Å². The van der Waals surface area contributed by atoms with Gasteiger partial charge in [0.1, 0.15) is 34.3 Å². The topological polar surface area (TPSA) is 200 Å². The average molecular weight is 1060 g/mol. The van der Waals surface area contributed by atoms with Gasteiger partial charge in [0.15, 0.2) is 5.78 Å². The van der Waals surface area contributed by atoms with Gasteiger partial charge in [0.25, 0.3) is 11.6 Å². The Balaban J connectivity index is 0.000000200. The maximum atomic E-state index is 15.0. The number of carbonyl (C=O) groups is 2. The van der Waals surface area contributed by atoms with Gasteiger partial charge in [0, 0.05) is 106 Å². The molecule has 7 aromatic rings. The first kappa shape index (κ1) is 56.2. The number of nitrogens with two attached hydrogens (primary N) is 1. The Morgan fingerprint density at radius 2 is 1.47 bits per heavy atom. The highest BCUT2D eigenvalue weighted by atomic mass is 19.1. The molecule has 2 aliphatic heterocycles. The lowest BCUT2D eigenvalue weighted by atomic mass is 10.0. The number of likely N-dealkylation sites (N-methyl/N-ethyl adjacent to an activating group) is 1. The van der Waals surface area contributed by atoms with E-state index < -0.39 is 17.5 Å². The van der Waals surface area contributed by atoms with Gasteiger partial charge in [-0.05, 0) is 98.8 Å². The Labute approximate surface area is 446 Å². The monoisotopic (exact) mass is 1050 g/mol. The molecule has 0 fully saturated rings. The Kier molecular flexibility index (Phi) is 18.2. The molecule has 2 aromatic carbocycles. The molecular formula is C54H64F2N16O5. The van der Waals surface area contributed by atoms with E-state index in [9.17, 15) is 14.0 Å². The van der Waals surface area contributed by atoms with E-state index in [0.717, 1.165) is 48.6 Å². The molecule has 0 radical (unpaired) electrons. The van der Waals surface area contributed by atoms with Crippen LogP contribution in [0, 0.1) is 24.8 Å². The van der Waals surface area contributed by atoms with Crippen LogP contribution in [0.1, 0.15) is 59.8 Å². The fourth-order valence-corrected chi connectivity index (χ4v) is 8.31. The highest BCUT2D eigenvalue weighted by molar-refractivity contribution is 6.09. The number of carbonyl (C=O) groups excluding carboxylic acids is 2. The second-order valence-electron chi connectivity index (χ2n) is 19.7. The highest BCUT2D eigenvalue weighted by Gasteiger charge is 2.32. The molecule has 3 N–H and O–H groups in total. The molecule has 9 rings (SSSR count). The minimum Gasteiger partial charge on any atom is -0.493 e. The predicted octanol–water partition coefficient (Wildman–Crippen LogP) is 7.84. The lowest BCUT2D eigenvalue weighted by molar-refractivity contribution is 0.0574. The van der Waals surface area contributed by atoms with Crippen molar-refractivity contribution in [1.82, 2.24) is 53.2 Å². The zero-order chi connectivity index (χ0) is 55.6. The number of ether oxygens (including phenoxy) is 3. The van der Waals surface area contributed by atoms with Crippen molar-refractivity contribution in [2.45, 2.75) is 65.3 Å². The van der Waals surface area contributed by atoms with Crippen molar-refractivity contribution >= 4 is 46.7 Å². The van der Waals surface area contributed by atoms with Gasteiger partial charge in [-0.1, -0.05) is 23.1 Å². The van der Waals surface area contributed by atoms with Gasteiger partial charge in [0.05, 0.1) is 37.6 Å². The molecule has 2 aliphatic rings. The number of nitrogens with one attached hydrogen (secondary N) is 1. The third kappa shape index (κ3) is 13.7. The molecule has 7 heterocycles. The van der Waals surface area contributed by atoms with Gasteiger partial charge in [-0.15, -0.1) is 0 Å². The van der Waals surface area contributed by atoms with Crippen molar-refractivity contribution in [2.24, 2.45) is 5.73 Å². The van der Waals surface area contributed by atoms with E-state index in [2.05, 4.69) is 63.9 Å². The summed E-state index contributed by atoms with van der Waals surface area (Å²) in [6.45, 7) is 24.4. The molecule has 0 unspecified atom stereocenters. The van der Waals surface area contributed by atoms with Crippen LogP contribution in [0.2, 0.25) is 0 Å². The molecule has 77 heavy (non-hydrogen) atoms. The number of anilines is 2. The number of rotatable bonds is 16. The average Bonchev–Trinajstić information content (AvgIpc) is 4.26. The normalized spacial score (nSPS) is 12.5. The number of imidazole rings is 2. The lowest BCUT2D eigenvalue weighted by Crippen LogP contribution is -2.38. The van der Waals surface area contributed by atoms with Crippen LogP contribution in [0.4, 0.5) is 37.1 Å². The molecule has 0 saturated heterocycles. The molecule has 21 nitrogen and oxygen atoms in total. The molecule has 23 heteroatoms. The molecule has 0 atom stereocenters. The Morgan fingerprint density at radius 1 is 0.844 bits per heavy atom. The summed E-state index contributed by atoms with van der Waals surface area (Å²) < 4.78 is 51.4. The smallest absolute Gasteiger partial charge is 0.417 e. The Hall–Kier alpha value is -8.51. The number of amides is 1. The SMILES string of the molecule is CN(C)CCCN.[C-]#[N+]c1cn2c(N(Cc3c(F)ccc4c3CCO4)C(=O)OC(C)(C)C)ncc(C(=O)/C=C/N(C)C)c2n1.[C-]#[N+]c1cn2c(NCc3c(F)ccc4c3CCO4)ncc(-c3ccnn3CCN(C)C)c2n1. The van der Waals surface area contributed by atoms with Gasteiger partial charge < -0.3 is 49.7 Å². The zero-order valence-electron chi connectivity index (χ0n) is 44.8. The summed E-state index contributed by atoms with van der Waals surface area (Å²) in [4.78, 5) is 58.0. The molecule has 0 aliphatic carbocycles. The number of aromatic nitrogens is 8. The quantitative estimate of drug-likeness (QED) is 0.0538. The molecule has 1 amide bonds. The van der Waals surface area contributed by atoms with Crippen molar-refractivity contribution < 1.29 is 32.6 Å². The summed E-state index contributed by atoms with van der Waals surface area (Å²) in [7, 11) is 11.7. The van der Waals surface area contributed by atoms with Crippen LogP contribution in [0.15, 0.2) is 73.6 Å². The summed E-state index contributed by atoms with van der Waals surface area (Å²) in [5.74, 6) is 0.890. The highest BCUT2D eigenvalue weighted by Crippen LogP contribution is 2.35. The molecular weight excluding hydrogens is 991 g/mol. The van der Waals surface area contributed by atoms with E-state index in [0.29, 0.717) is 61.1 Å². The fraction of sp³-hybridized carbons (Fsp3) is 0.389. The van der Waals surface area contributed by atoms with E-state index in [1.54, 1.807) is 81.1 Å². The van der Waals surface area contributed by atoms with Gasteiger partial charge in [-0.25, -0.2) is 28.4 Å². The second-order valence-corrected chi connectivity index (χ2v) is 19.7. The van der Waals surface area contributed by atoms with E-state index in [1.165, 1.54) is 39.9 Å². The van der Waals surface area contributed by atoms with Crippen LogP contribution in [0.3, 0.4) is 0 Å². The van der Waals surface area contributed by atoms with Crippen LogP contribution in [-0.4, -0.2) is 146 Å². The molecule has 0 spiro atoms. The number of allylic oxidation sites excluding steroid dienone is 1. The van der Waals surface area contributed by atoms with Crippen LogP contribution < -0.4 is 25.4 Å². The van der Waals surface area contributed by atoms with Crippen molar-refractivity contribution in [3.63, 3.8) is 0 Å². The number of hydrogen-bond acceptors (Lipinski definition) is 15. The fourth-order valence-electron chi connectivity index (χ4n) is 8.31. The van der Waals surface area contributed by atoms with Crippen molar-refractivity contribution in [2.75, 3.05) is 85.4 Å². The number of benzene rings is 2. The van der Waals surface area contributed by atoms with Crippen LogP contribution >= 0.6 is 0 Å². The molecule has 404 valence electrons. The maximum absolute atomic E-state index is 15.0. The molecule has 5 aromatic heterocycles. The van der Waals surface area contributed by atoms with E-state index in [4.69, 9.17) is 33.1 Å². The molecule has 0 saturated carbocycles. The number of hydrogen-bond donors (Lipinski definition) is 2. The number of halogens is 2. The first-order chi connectivity index (χ1) is 36.8. The standard InChI is InChI=1S/C26H27FN6O4.C23H23FN8O.C5H14N2/c1-26(2,3)37-25(35)33(14-18-16-10-12-36-21(16)8-7-19(18)27)24-29-13-17(20(34)9-11-31(5)6)23-30-22(28-4)15-32(23)24;1-25-21-14-31-22(29-21)17(19-6-8-28-32(19)10-9-30(2)3)13-27-23(31)26-12-16-15-7-11-33-20(15)5-4-18(16)24;1-7(2)5-3-4-6/h7-9,11,13,15H,10,12,14H2,1-3,5-6H3;4-6,8,13-14H,7,9-12H2,2-3H3,(H,26,27);3-6H2,1-2H3/b11-9+;;. The number of fused-ring (bicyclic) bond motifs is 4. The van der Waals surface area contributed by atoms with E-state index in [-0.39, 0.29) is 59.0 Å². The summed E-state index contributed by atoms with van der Waals surface area (Å²) in [5.41, 5.74) is 9.29. The van der Waals surface area contributed by atoms with Gasteiger partial charge in [-0.2, -0.15) is 5.10 Å². The maximum Gasteiger partial charge on any atom is 0.417 e. The lowest BCUT2D eigenvalue weighted by Gasteiger charge is -2.27. The summed E-state index contributed by atoms with van der Waals surface area (Å²) in [5, 5.41) is 7.66. The summed E-state index contributed by atoms with van der Waals surface area (Å²) in [6, 6.07) is 7.87. The largest absolute Gasteiger partial charge is 0.493 e. The van der Waals surface area contributed by atoms with Crippen molar-refractivity contribution in [3.05, 3.63) is 136 Å². The first-order valence-electron chi connectivity index (χ1n) is 24.8. The summed E-state index contributed by atoms with van der Waals surface area (Å²) >= 11 is 0. The Morgan fingerprint density at radius 3 is 2.06 bits per heavy atom. The van der Waals surface area contributed by atoms with Crippen LogP contribution in [0.25, 0.3) is 32.2 Å². The Bertz CT molecular complexity index is 3360. The van der Waals surface area contributed by atoms with Crippen LogP contribution in [0.5, 0.6) is 11.5 Å². The second kappa shape index (κ2) is 24.9. The summed E-state index contributed by atoms with van der Waals surface area (Å²) in [6.07, 6.45) is 12.2. The zero-order valence-corrected chi connectivity index (χ0v) is 44.8. The number of nitrogens with zero attached hydrogens (tertiary/aromatic N) is 14. The number of ketones is 1. The van der Waals surface area contributed by atoms with Crippen molar-refractivity contribution in [1.29, 1.82) is 0 Å². The minimum atomic E-state index is -0.849.